The molecule has 1 atom stereocenters. The van der Waals surface area contributed by atoms with Gasteiger partial charge < -0.3 is 19.7 Å². The van der Waals surface area contributed by atoms with Crippen LogP contribution in [0.15, 0.2) is 24.3 Å². The van der Waals surface area contributed by atoms with Crippen LogP contribution in [0.5, 0.6) is 5.75 Å². The topological polar surface area (TPSA) is 71.1 Å². The van der Waals surface area contributed by atoms with Crippen LogP contribution < -0.4 is 10.1 Å². The highest BCUT2D eigenvalue weighted by atomic mass is 16.5. The maximum atomic E-state index is 12.3. The zero-order valence-corrected chi connectivity index (χ0v) is 14.9. The van der Waals surface area contributed by atoms with E-state index in [0.717, 1.165) is 5.56 Å². The fraction of sp³-hybridized carbons (Fsp3) is 0.556. The Bertz CT molecular complexity index is 640. The van der Waals surface area contributed by atoms with Gasteiger partial charge in [0.1, 0.15) is 17.4 Å². The first kappa shape index (κ1) is 17.7. The van der Waals surface area contributed by atoms with E-state index in [9.17, 15) is 9.59 Å². The van der Waals surface area contributed by atoms with Crippen LogP contribution in [0, 0.1) is 6.92 Å². The number of benzene rings is 1. The summed E-state index contributed by atoms with van der Waals surface area (Å²) in [5.74, 6) is 0.596. The van der Waals surface area contributed by atoms with Crippen LogP contribution in [0.25, 0.3) is 0 Å². The predicted molar refractivity (Wildman–Crippen MR) is 92.4 cm³/mol. The Morgan fingerprint density at radius 2 is 1.96 bits per heavy atom. The Kier molecular flexibility index (Phi) is 4.96. The molecule has 0 radical (unpaired) electrons. The molecule has 3 rings (SSSR count). The molecule has 0 aromatic heterocycles. The van der Waals surface area contributed by atoms with Crippen molar-refractivity contribution >= 4 is 11.8 Å². The molecule has 1 spiro atoms. The number of likely N-dealkylation sites (N-methyl/N-ethyl adjacent to an activating group) is 2. The zero-order chi connectivity index (χ0) is 18.0. The minimum atomic E-state index is -0.362. The van der Waals surface area contributed by atoms with Gasteiger partial charge in [0.25, 0.3) is 5.91 Å². The van der Waals surface area contributed by atoms with Gasteiger partial charge in [0.2, 0.25) is 5.91 Å². The molecule has 0 bridgehead atoms. The number of amides is 2. The van der Waals surface area contributed by atoms with Gasteiger partial charge in [0, 0.05) is 13.6 Å². The summed E-state index contributed by atoms with van der Waals surface area (Å²) >= 11 is 0. The lowest BCUT2D eigenvalue weighted by atomic mass is 9.90. The van der Waals surface area contributed by atoms with Gasteiger partial charge in [0.05, 0.1) is 19.7 Å². The molecule has 2 amide bonds. The number of hydrogen-bond acceptors (Lipinski definition) is 5. The molecule has 2 fully saturated rings. The largest absolute Gasteiger partial charge is 0.484 e. The van der Waals surface area contributed by atoms with Crippen LogP contribution in [0.2, 0.25) is 0 Å². The molecule has 1 unspecified atom stereocenters. The molecule has 1 aromatic carbocycles. The molecule has 2 aliphatic heterocycles. The average Bonchev–Trinajstić information content (AvgIpc) is 2.58. The molecule has 7 nitrogen and oxygen atoms in total. The van der Waals surface area contributed by atoms with Gasteiger partial charge in [0.15, 0.2) is 6.61 Å². The van der Waals surface area contributed by atoms with Crippen molar-refractivity contribution in [3.63, 3.8) is 0 Å². The second kappa shape index (κ2) is 7.01. The third-order valence-electron chi connectivity index (χ3n) is 4.86. The van der Waals surface area contributed by atoms with E-state index in [1.807, 2.05) is 43.1 Å². The summed E-state index contributed by atoms with van der Waals surface area (Å²) in [6.45, 7) is 4.08. The van der Waals surface area contributed by atoms with Gasteiger partial charge in [-0.1, -0.05) is 17.7 Å². The van der Waals surface area contributed by atoms with E-state index in [-0.39, 0.29) is 30.1 Å². The highest BCUT2D eigenvalue weighted by Gasteiger charge is 2.51. The van der Waals surface area contributed by atoms with E-state index < -0.39 is 0 Å². The molecular weight excluding hydrogens is 322 g/mol. The first-order chi connectivity index (χ1) is 11.9. The molecule has 2 saturated heterocycles. The zero-order valence-electron chi connectivity index (χ0n) is 14.9. The number of nitrogens with zero attached hydrogens (tertiary/aromatic N) is 2. The quantitative estimate of drug-likeness (QED) is 0.832. The molecule has 7 heteroatoms. The van der Waals surface area contributed by atoms with E-state index in [4.69, 9.17) is 9.47 Å². The third kappa shape index (κ3) is 3.77. The summed E-state index contributed by atoms with van der Waals surface area (Å²) in [6, 6.07) is 7.35. The van der Waals surface area contributed by atoms with Gasteiger partial charge in [-0.2, -0.15) is 0 Å². The van der Waals surface area contributed by atoms with Crippen molar-refractivity contribution in [2.24, 2.45) is 0 Å². The van der Waals surface area contributed by atoms with E-state index in [1.165, 1.54) is 0 Å². The van der Waals surface area contributed by atoms with Crippen LogP contribution in [-0.4, -0.2) is 80.2 Å². The molecular formula is C18H25N3O4. The van der Waals surface area contributed by atoms with E-state index in [2.05, 4.69) is 5.32 Å². The molecule has 0 saturated carbocycles. The lowest BCUT2D eigenvalue weighted by Crippen LogP contribution is -2.73. The number of morpholine rings is 1. The van der Waals surface area contributed by atoms with Crippen molar-refractivity contribution in [3.05, 3.63) is 29.8 Å². The summed E-state index contributed by atoms with van der Waals surface area (Å²) in [5, 5.41) is 2.65. The van der Waals surface area contributed by atoms with E-state index in [0.29, 0.717) is 32.0 Å². The molecule has 25 heavy (non-hydrogen) atoms. The number of carbonyl (C=O) groups excluding carboxylic acids is 2. The standard InChI is InChI=1S/C18H25N3O4/c1-13-4-6-14(7-5-13)24-9-16(22)21-11-18(12-21)10-20(3)15(8-25-18)17(23)19-2/h4-7,15H,8-12H2,1-3H3,(H,19,23). The normalized spacial score (nSPS) is 22.4. The van der Waals surface area contributed by atoms with Crippen LogP contribution in [-0.2, 0) is 14.3 Å². The van der Waals surface area contributed by atoms with Crippen LogP contribution >= 0.6 is 0 Å². The monoisotopic (exact) mass is 347 g/mol. The van der Waals surface area contributed by atoms with Gasteiger partial charge in [-0.05, 0) is 26.1 Å². The maximum Gasteiger partial charge on any atom is 0.260 e. The molecule has 2 heterocycles. The highest BCUT2D eigenvalue weighted by molar-refractivity contribution is 5.82. The van der Waals surface area contributed by atoms with Crippen LogP contribution in [0.1, 0.15) is 5.56 Å². The van der Waals surface area contributed by atoms with Gasteiger partial charge in [-0.15, -0.1) is 0 Å². The highest BCUT2D eigenvalue weighted by Crippen LogP contribution is 2.30. The lowest BCUT2D eigenvalue weighted by molar-refractivity contribution is -0.201. The Balaban J connectivity index is 1.46. The Labute approximate surface area is 147 Å². The van der Waals surface area contributed by atoms with Gasteiger partial charge in [-0.25, -0.2) is 0 Å². The summed E-state index contributed by atoms with van der Waals surface area (Å²) in [7, 11) is 3.54. The second-order valence-electron chi connectivity index (χ2n) is 6.89. The van der Waals surface area contributed by atoms with Crippen molar-refractivity contribution in [1.29, 1.82) is 0 Å². The minimum Gasteiger partial charge on any atom is -0.484 e. The van der Waals surface area contributed by atoms with E-state index in [1.54, 1.807) is 11.9 Å². The fourth-order valence-electron chi connectivity index (χ4n) is 3.32. The van der Waals surface area contributed by atoms with E-state index >= 15 is 0 Å². The van der Waals surface area contributed by atoms with Crippen LogP contribution in [0.3, 0.4) is 0 Å². The number of rotatable bonds is 4. The number of carbonyl (C=O) groups is 2. The molecule has 1 aromatic rings. The smallest absolute Gasteiger partial charge is 0.260 e. The fourth-order valence-corrected chi connectivity index (χ4v) is 3.32. The summed E-state index contributed by atoms with van der Waals surface area (Å²) in [6.07, 6.45) is 0. The SMILES string of the molecule is CNC(=O)C1COC2(CN(C(=O)COc3ccc(C)cc3)C2)CN1C. The number of likely N-dealkylation sites (tertiary alicyclic amines) is 1. The first-order valence-corrected chi connectivity index (χ1v) is 8.45. The van der Waals surface area contributed by atoms with Crippen molar-refractivity contribution in [2.75, 3.05) is 46.9 Å². The van der Waals surface area contributed by atoms with Crippen LogP contribution in [0.4, 0.5) is 0 Å². The lowest BCUT2D eigenvalue weighted by Gasteiger charge is -2.54. The molecule has 136 valence electrons. The number of aryl methyl sites for hydroxylation is 1. The van der Waals surface area contributed by atoms with Gasteiger partial charge in [-0.3, -0.25) is 14.5 Å². The molecule has 0 aliphatic carbocycles. The predicted octanol–water partition coefficient (Wildman–Crippen LogP) is 0.0314. The summed E-state index contributed by atoms with van der Waals surface area (Å²) in [4.78, 5) is 27.8. The molecule has 1 N–H and O–H groups in total. The second-order valence-corrected chi connectivity index (χ2v) is 6.89. The number of hydrogen-bond donors (Lipinski definition) is 1. The Morgan fingerprint density at radius 1 is 1.28 bits per heavy atom. The van der Waals surface area contributed by atoms with Crippen molar-refractivity contribution < 1.29 is 19.1 Å². The average molecular weight is 347 g/mol. The number of nitrogens with one attached hydrogen (secondary N) is 1. The van der Waals surface area contributed by atoms with Crippen molar-refractivity contribution in [3.8, 4) is 5.75 Å². The Hall–Kier alpha value is -2.12. The maximum absolute atomic E-state index is 12.3. The minimum absolute atomic E-state index is 0.0237. The van der Waals surface area contributed by atoms with Crippen molar-refractivity contribution in [2.45, 2.75) is 18.6 Å². The third-order valence-corrected chi connectivity index (χ3v) is 4.86. The first-order valence-electron chi connectivity index (χ1n) is 8.45. The van der Waals surface area contributed by atoms with Crippen molar-refractivity contribution in [1.82, 2.24) is 15.1 Å². The summed E-state index contributed by atoms with van der Waals surface area (Å²) in [5.41, 5.74) is 0.788. The summed E-state index contributed by atoms with van der Waals surface area (Å²) < 4.78 is 11.5. The number of ether oxygens (including phenoxy) is 2. The Morgan fingerprint density at radius 3 is 2.56 bits per heavy atom. The molecule has 2 aliphatic rings. The van der Waals surface area contributed by atoms with Gasteiger partial charge >= 0.3 is 0 Å².